The Labute approximate surface area is 182 Å². The number of ether oxygens (including phenoxy) is 3. The van der Waals surface area contributed by atoms with Crippen LogP contribution in [-0.2, 0) is 16.1 Å². The van der Waals surface area contributed by atoms with Crippen LogP contribution >= 0.6 is 0 Å². The van der Waals surface area contributed by atoms with E-state index in [2.05, 4.69) is 15.6 Å². The van der Waals surface area contributed by atoms with Crippen LogP contribution in [0, 0.1) is 0 Å². The lowest BCUT2D eigenvalue weighted by molar-refractivity contribution is -0.117. The molecule has 2 aromatic carbocycles. The molecule has 0 unspecified atom stereocenters. The zero-order chi connectivity index (χ0) is 22.7. The third kappa shape index (κ3) is 4.53. The van der Waals surface area contributed by atoms with Gasteiger partial charge in [0.1, 0.15) is 12.3 Å². The lowest BCUT2D eigenvalue weighted by Crippen LogP contribution is -2.27. The van der Waals surface area contributed by atoms with Crippen molar-refractivity contribution in [1.82, 2.24) is 9.55 Å². The largest absolute Gasteiger partial charge is 0.495 e. The van der Waals surface area contributed by atoms with Crippen LogP contribution in [0.1, 0.15) is 6.92 Å². The number of nitrogens with zero attached hydrogens (tertiary/aromatic N) is 2. The van der Waals surface area contributed by atoms with Gasteiger partial charge in [0.25, 0.3) is 5.56 Å². The Morgan fingerprint density at radius 1 is 1.09 bits per heavy atom. The van der Waals surface area contributed by atoms with Crippen molar-refractivity contribution < 1.29 is 23.8 Å². The van der Waals surface area contributed by atoms with Crippen LogP contribution in [0.4, 0.5) is 11.4 Å². The van der Waals surface area contributed by atoms with Crippen LogP contribution in [0.15, 0.2) is 53.6 Å². The van der Waals surface area contributed by atoms with Crippen LogP contribution in [0.5, 0.6) is 17.2 Å². The van der Waals surface area contributed by atoms with Crippen LogP contribution in [-0.4, -0.2) is 35.3 Å². The molecule has 2 N–H and O–H groups in total. The van der Waals surface area contributed by atoms with Crippen LogP contribution in [0.25, 0.3) is 11.3 Å². The van der Waals surface area contributed by atoms with Crippen molar-refractivity contribution in [1.29, 1.82) is 0 Å². The van der Waals surface area contributed by atoms with E-state index in [0.717, 1.165) is 0 Å². The first kappa shape index (κ1) is 20.9. The highest BCUT2D eigenvalue weighted by molar-refractivity contribution is 5.94. The summed E-state index contributed by atoms with van der Waals surface area (Å²) in [5, 5.41) is 5.33. The molecule has 32 heavy (non-hydrogen) atoms. The number of amides is 2. The van der Waals surface area contributed by atoms with E-state index in [4.69, 9.17) is 14.2 Å². The van der Waals surface area contributed by atoms with Gasteiger partial charge < -0.3 is 24.8 Å². The standard InChI is InChI=1S/C22H20N4O6/c1-13(27)24-15-4-6-18(30-2)17(8-15)25-21(28)10-26-11-23-16(9-22(26)29)14-3-5-19-20(7-14)32-12-31-19/h3-9,11H,10,12H2,1-2H3,(H,24,27)(H,25,28). The summed E-state index contributed by atoms with van der Waals surface area (Å²) in [6, 6.07) is 11.5. The fraction of sp³-hybridized carbons (Fsp3) is 0.182. The average molecular weight is 436 g/mol. The van der Waals surface area contributed by atoms with E-state index in [9.17, 15) is 14.4 Å². The fourth-order valence-electron chi connectivity index (χ4n) is 3.19. The summed E-state index contributed by atoms with van der Waals surface area (Å²) in [6.45, 7) is 1.29. The van der Waals surface area contributed by atoms with Crippen LogP contribution < -0.4 is 30.4 Å². The van der Waals surface area contributed by atoms with Gasteiger partial charge in [0.15, 0.2) is 11.5 Å². The number of carbonyl (C=O) groups is 2. The molecule has 10 nitrogen and oxygen atoms in total. The molecule has 0 bridgehead atoms. The highest BCUT2D eigenvalue weighted by Crippen LogP contribution is 2.35. The highest BCUT2D eigenvalue weighted by Gasteiger charge is 2.15. The van der Waals surface area contributed by atoms with Crippen molar-refractivity contribution in [3.63, 3.8) is 0 Å². The fourth-order valence-corrected chi connectivity index (χ4v) is 3.19. The Balaban J connectivity index is 1.49. The summed E-state index contributed by atoms with van der Waals surface area (Å²) in [6.07, 6.45) is 1.31. The van der Waals surface area contributed by atoms with E-state index in [0.29, 0.717) is 39.9 Å². The zero-order valence-electron chi connectivity index (χ0n) is 17.4. The first-order valence-electron chi connectivity index (χ1n) is 9.65. The second-order valence-corrected chi connectivity index (χ2v) is 6.95. The van der Waals surface area contributed by atoms with Crippen molar-refractivity contribution in [3.05, 3.63) is 59.1 Å². The quantitative estimate of drug-likeness (QED) is 0.608. The Morgan fingerprint density at radius 3 is 2.66 bits per heavy atom. The second kappa shape index (κ2) is 8.80. The van der Waals surface area contributed by atoms with Gasteiger partial charge in [-0.15, -0.1) is 0 Å². The minimum absolute atomic E-state index is 0.154. The number of aromatic nitrogens is 2. The smallest absolute Gasteiger partial charge is 0.254 e. The lowest BCUT2D eigenvalue weighted by atomic mass is 10.1. The SMILES string of the molecule is COc1ccc(NC(C)=O)cc1NC(=O)Cn1cnc(-c2ccc3c(c2)OCO3)cc1=O. The van der Waals surface area contributed by atoms with Gasteiger partial charge in [-0.2, -0.15) is 0 Å². The van der Waals surface area contributed by atoms with Crippen LogP contribution in [0.2, 0.25) is 0 Å². The predicted molar refractivity (Wildman–Crippen MR) is 116 cm³/mol. The normalized spacial score (nSPS) is 11.7. The van der Waals surface area contributed by atoms with E-state index >= 15 is 0 Å². The number of benzene rings is 2. The molecular formula is C22H20N4O6. The molecule has 0 saturated heterocycles. The molecule has 4 rings (SSSR count). The third-order valence-electron chi connectivity index (χ3n) is 4.66. The van der Waals surface area contributed by atoms with E-state index in [1.54, 1.807) is 36.4 Å². The maximum Gasteiger partial charge on any atom is 0.254 e. The topological polar surface area (TPSA) is 121 Å². The van der Waals surface area contributed by atoms with Gasteiger partial charge in [-0.05, 0) is 36.4 Å². The minimum atomic E-state index is -0.456. The van der Waals surface area contributed by atoms with Crippen molar-refractivity contribution >= 4 is 23.2 Å². The summed E-state index contributed by atoms with van der Waals surface area (Å²) in [4.78, 5) is 40.7. The van der Waals surface area contributed by atoms with Gasteiger partial charge in [0.05, 0.1) is 24.8 Å². The maximum absolute atomic E-state index is 12.5. The first-order valence-corrected chi connectivity index (χ1v) is 9.65. The van der Waals surface area contributed by atoms with E-state index in [1.807, 2.05) is 0 Å². The van der Waals surface area contributed by atoms with Crippen molar-refractivity contribution in [2.75, 3.05) is 24.5 Å². The monoisotopic (exact) mass is 436 g/mol. The van der Waals surface area contributed by atoms with E-state index in [1.165, 1.54) is 31.0 Å². The number of rotatable bonds is 6. The Hall–Kier alpha value is -4.34. The number of carbonyl (C=O) groups excluding carboxylic acids is 2. The van der Waals surface area contributed by atoms with Gasteiger partial charge in [-0.3, -0.25) is 19.0 Å². The molecule has 1 aromatic heterocycles. The van der Waals surface area contributed by atoms with Crippen LogP contribution in [0.3, 0.4) is 0 Å². The number of nitrogens with one attached hydrogen (secondary N) is 2. The molecule has 0 radical (unpaired) electrons. The number of anilines is 2. The maximum atomic E-state index is 12.5. The van der Waals surface area contributed by atoms with E-state index < -0.39 is 5.91 Å². The van der Waals surface area contributed by atoms with Gasteiger partial charge in [-0.1, -0.05) is 0 Å². The van der Waals surface area contributed by atoms with Crippen molar-refractivity contribution in [2.45, 2.75) is 13.5 Å². The first-order chi connectivity index (χ1) is 15.4. The zero-order valence-corrected chi connectivity index (χ0v) is 17.4. The number of methoxy groups -OCH3 is 1. The molecule has 0 aliphatic carbocycles. The number of fused-ring (bicyclic) bond motifs is 1. The Morgan fingerprint density at radius 2 is 1.91 bits per heavy atom. The van der Waals surface area contributed by atoms with Gasteiger partial charge in [0, 0.05) is 24.2 Å². The predicted octanol–water partition coefficient (Wildman–Crippen LogP) is 2.24. The molecule has 2 amide bonds. The molecule has 1 aliphatic rings. The molecular weight excluding hydrogens is 416 g/mol. The molecule has 0 spiro atoms. The van der Waals surface area contributed by atoms with Gasteiger partial charge in [0.2, 0.25) is 18.6 Å². The summed E-state index contributed by atoms with van der Waals surface area (Å²) < 4.78 is 17.1. The second-order valence-electron chi connectivity index (χ2n) is 6.95. The molecule has 0 fully saturated rings. The summed E-state index contributed by atoms with van der Waals surface area (Å²) >= 11 is 0. The summed E-state index contributed by atoms with van der Waals surface area (Å²) in [5.41, 5.74) is 1.63. The molecule has 10 heteroatoms. The molecule has 164 valence electrons. The summed E-state index contributed by atoms with van der Waals surface area (Å²) in [7, 11) is 1.46. The van der Waals surface area contributed by atoms with Gasteiger partial charge >= 0.3 is 0 Å². The lowest BCUT2D eigenvalue weighted by Gasteiger charge is -2.13. The third-order valence-corrected chi connectivity index (χ3v) is 4.66. The van der Waals surface area contributed by atoms with Gasteiger partial charge in [-0.25, -0.2) is 4.98 Å². The van der Waals surface area contributed by atoms with Crippen molar-refractivity contribution in [2.24, 2.45) is 0 Å². The molecule has 3 aromatic rings. The summed E-state index contributed by atoms with van der Waals surface area (Å²) in [5.74, 6) is 0.937. The minimum Gasteiger partial charge on any atom is -0.495 e. The molecule has 2 heterocycles. The highest BCUT2D eigenvalue weighted by atomic mass is 16.7. The molecule has 0 saturated carbocycles. The number of hydrogen-bond donors (Lipinski definition) is 2. The average Bonchev–Trinajstić information content (AvgIpc) is 3.23. The van der Waals surface area contributed by atoms with E-state index in [-0.39, 0.29) is 24.8 Å². The number of hydrogen-bond acceptors (Lipinski definition) is 7. The van der Waals surface area contributed by atoms with Crippen molar-refractivity contribution in [3.8, 4) is 28.5 Å². The Kier molecular flexibility index (Phi) is 5.75. The Bertz CT molecular complexity index is 1250. The molecule has 1 aliphatic heterocycles. The molecule has 0 atom stereocenters.